The fourth-order valence-corrected chi connectivity index (χ4v) is 4.05. The third kappa shape index (κ3) is 3.88. The van der Waals surface area contributed by atoms with E-state index in [4.69, 9.17) is 9.15 Å². The highest BCUT2D eigenvalue weighted by molar-refractivity contribution is 7.18. The lowest BCUT2D eigenvalue weighted by molar-refractivity contribution is 0.0547. The van der Waals surface area contributed by atoms with Crippen LogP contribution < -0.4 is 5.32 Å². The summed E-state index contributed by atoms with van der Waals surface area (Å²) in [5, 5.41) is 2.91. The minimum atomic E-state index is -0.501. The fraction of sp³-hybridized carbons (Fsp3) is 0.250. The molecule has 6 nitrogen and oxygen atoms in total. The summed E-state index contributed by atoms with van der Waals surface area (Å²) in [5.74, 6) is -0.714. The number of ether oxygens (including phenoxy) is 1. The summed E-state index contributed by atoms with van der Waals surface area (Å²) in [6.45, 7) is 1.10. The number of aromatic nitrogens is 1. The van der Waals surface area contributed by atoms with Crippen molar-refractivity contribution in [3.63, 3.8) is 0 Å². The van der Waals surface area contributed by atoms with Crippen LogP contribution in [-0.4, -0.2) is 29.9 Å². The van der Waals surface area contributed by atoms with Crippen LogP contribution in [0.4, 0.5) is 9.52 Å². The summed E-state index contributed by atoms with van der Waals surface area (Å²) in [7, 11) is 0. The first-order valence-electron chi connectivity index (χ1n) is 8.85. The molecule has 1 saturated heterocycles. The number of nitrogens with one attached hydrogen (secondary N) is 1. The molecule has 4 rings (SSSR count). The molecule has 1 N–H and O–H groups in total. The van der Waals surface area contributed by atoms with Crippen molar-refractivity contribution < 1.29 is 23.1 Å². The van der Waals surface area contributed by atoms with Crippen LogP contribution in [0, 0.1) is 11.7 Å². The summed E-state index contributed by atoms with van der Waals surface area (Å²) >= 11 is 1.10. The number of carbonyl (C=O) groups excluding carboxylic acids is 2. The molecule has 0 atom stereocenters. The second-order valence-electron chi connectivity index (χ2n) is 6.39. The maximum Gasteiger partial charge on any atom is 0.257 e. The third-order valence-corrected chi connectivity index (χ3v) is 5.49. The Kier molecular flexibility index (Phi) is 5.31. The first-order valence-corrected chi connectivity index (χ1v) is 9.67. The predicted octanol–water partition coefficient (Wildman–Crippen LogP) is 4.40. The SMILES string of the molecule is O=C(Nc1nc(-c2ccco2)c(C(=O)C2CCOCC2)s1)c1cccc(F)c1. The fourth-order valence-electron chi connectivity index (χ4n) is 3.07. The van der Waals surface area contributed by atoms with Crippen LogP contribution >= 0.6 is 11.3 Å². The van der Waals surface area contributed by atoms with Crippen LogP contribution in [0.25, 0.3) is 11.5 Å². The molecule has 3 aromatic rings. The Morgan fingerprint density at radius 1 is 1.18 bits per heavy atom. The molecule has 3 heterocycles. The highest BCUT2D eigenvalue weighted by Gasteiger charge is 2.29. The summed E-state index contributed by atoms with van der Waals surface area (Å²) in [4.78, 5) is 30.3. The van der Waals surface area contributed by atoms with Gasteiger partial charge in [0.05, 0.1) is 6.26 Å². The van der Waals surface area contributed by atoms with Crippen molar-refractivity contribution in [2.24, 2.45) is 5.92 Å². The van der Waals surface area contributed by atoms with E-state index in [1.165, 1.54) is 24.5 Å². The van der Waals surface area contributed by atoms with Crippen molar-refractivity contribution in [1.82, 2.24) is 4.98 Å². The highest BCUT2D eigenvalue weighted by atomic mass is 32.1. The third-order valence-electron chi connectivity index (χ3n) is 4.50. The highest BCUT2D eigenvalue weighted by Crippen LogP contribution is 2.35. The van der Waals surface area contributed by atoms with Gasteiger partial charge in [-0.3, -0.25) is 14.9 Å². The number of halogens is 1. The average Bonchev–Trinajstić information content (AvgIpc) is 3.38. The van der Waals surface area contributed by atoms with E-state index in [0.29, 0.717) is 42.4 Å². The molecule has 1 aliphatic rings. The van der Waals surface area contributed by atoms with Crippen molar-refractivity contribution in [2.45, 2.75) is 12.8 Å². The number of hydrogen-bond acceptors (Lipinski definition) is 6. The van der Waals surface area contributed by atoms with Gasteiger partial charge >= 0.3 is 0 Å². The standard InChI is InChI=1S/C20H17FN2O4S/c21-14-4-1-3-13(11-14)19(25)23-20-22-16(15-5-2-8-27-15)18(28-20)17(24)12-6-9-26-10-7-12/h1-5,8,11-12H,6-7,9-10H2,(H,22,23,25). The molecule has 1 aliphatic heterocycles. The number of thiazole rings is 1. The number of Topliss-reactive ketones (excluding diaryl/α,β-unsaturated/α-hetero) is 1. The number of furan rings is 1. The van der Waals surface area contributed by atoms with Crippen molar-refractivity contribution in [3.05, 3.63) is 58.9 Å². The van der Waals surface area contributed by atoms with Gasteiger partial charge in [0.2, 0.25) is 0 Å². The molecule has 0 bridgehead atoms. The maximum atomic E-state index is 13.4. The lowest BCUT2D eigenvalue weighted by atomic mass is 9.94. The molecule has 1 aromatic carbocycles. The van der Waals surface area contributed by atoms with Crippen molar-refractivity contribution in [3.8, 4) is 11.5 Å². The molecule has 1 amide bonds. The first-order chi connectivity index (χ1) is 13.6. The molecule has 144 valence electrons. The van der Waals surface area contributed by atoms with Gasteiger partial charge in [-0.15, -0.1) is 0 Å². The maximum absolute atomic E-state index is 13.4. The van der Waals surface area contributed by atoms with Gasteiger partial charge in [-0.25, -0.2) is 9.37 Å². The van der Waals surface area contributed by atoms with Gasteiger partial charge in [-0.2, -0.15) is 0 Å². The van der Waals surface area contributed by atoms with Gasteiger partial charge in [0.15, 0.2) is 16.7 Å². The van der Waals surface area contributed by atoms with Crippen molar-refractivity contribution in [1.29, 1.82) is 0 Å². The second kappa shape index (κ2) is 8.04. The number of ketones is 1. The van der Waals surface area contributed by atoms with Gasteiger partial charge in [0, 0.05) is 24.7 Å². The molecular formula is C20H17FN2O4S. The number of benzene rings is 1. The summed E-state index contributed by atoms with van der Waals surface area (Å²) in [6, 6.07) is 8.80. The smallest absolute Gasteiger partial charge is 0.257 e. The lowest BCUT2D eigenvalue weighted by Gasteiger charge is -2.20. The van der Waals surface area contributed by atoms with Crippen LogP contribution in [0.1, 0.15) is 32.9 Å². The van der Waals surface area contributed by atoms with Crippen LogP contribution in [0.5, 0.6) is 0 Å². The Bertz CT molecular complexity index is 994. The minimum absolute atomic E-state index is 0.0292. The quantitative estimate of drug-likeness (QED) is 0.642. The van der Waals surface area contributed by atoms with E-state index >= 15 is 0 Å². The largest absolute Gasteiger partial charge is 0.463 e. The normalized spacial score (nSPS) is 14.8. The lowest BCUT2D eigenvalue weighted by Crippen LogP contribution is -2.23. The zero-order chi connectivity index (χ0) is 19.5. The van der Waals surface area contributed by atoms with Crippen molar-refractivity contribution in [2.75, 3.05) is 18.5 Å². The Morgan fingerprint density at radius 2 is 2.00 bits per heavy atom. The topological polar surface area (TPSA) is 81.4 Å². The zero-order valence-electron chi connectivity index (χ0n) is 14.8. The van der Waals surface area contributed by atoms with E-state index in [-0.39, 0.29) is 22.4 Å². The molecule has 0 aliphatic carbocycles. The Hall–Kier alpha value is -2.84. The molecule has 28 heavy (non-hydrogen) atoms. The number of hydrogen-bond donors (Lipinski definition) is 1. The molecule has 8 heteroatoms. The minimum Gasteiger partial charge on any atom is -0.463 e. The Balaban J connectivity index is 1.63. The predicted molar refractivity (Wildman–Crippen MR) is 102 cm³/mol. The van der Waals surface area contributed by atoms with Crippen LogP contribution in [-0.2, 0) is 4.74 Å². The number of nitrogens with zero attached hydrogens (tertiary/aromatic N) is 1. The van der Waals surface area contributed by atoms with Gasteiger partial charge in [-0.1, -0.05) is 17.4 Å². The summed E-state index contributed by atoms with van der Waals surface area (Å²) < 4.78 is 24.1. The number of anilines is 1. The second-order valence-corrected chi connectivity index (χ2v) is 7.39. The van der Waals surface area contributed by atoms with Gasteiger partial charge in [-0.05, 0) is 43.2 Å². The monoisotopic (exact) mass is 400 g/mol. The van der Waals surface area contributed by atoms with Crippen LogP contribution in [0.15, 0.2) is 47.1 Å². The van der Waals surface area contributed by atoms with Crippen LogP contribution in [0.3, 0.4) is 0 Å². The Morgan fingerprint density at radius 3 is 2.71 bits per heavy atom. The molecular weight excluding hydrogens is 383 g/mol. The number of rotatable bonds is 5. The van der Waals surface area contributed by atoms with E-state index in [1.807, 2.05) is 0 Å². The Labute approximate surface area is 164 Å². The molecule has 1 fully saturated rings. The van der Waals surface area contributed by atoms with E-state index in [9.17, 15) is 14.0 Å². The zero-order valence-corrected chi connectivity index (χ0v) is 15.6. The van der Waals surface area contributed by atoms with E-state index < -0.39 is 11.7 Å². The molecule has 0 radical (unpaired) electrons. The van der Waals surface area contributed by atoms with Crippen molar-refractivity contribution >= 4 is 28.2 Å². The van der Waals surface area contributed by atoms with E-state index in [1.54, 1.807) is 12.1 Å². The van der Waals surface area contributed by atoms with E-state index in [0.717, 1.165) is 17.4 Å². The average molecular weight is 400 g/mol. The number of amides is 1. The van der Waals surface area contributed by atoms with Gasteiger partial charge in [0.25, 0.3) is 5.91 Å². The van der Waals surface area contributed by atoms with Crippen LogP contribution in [0.2, 0.25) is 0 Å². The molecule has 0 saturated carbocycles. The van der Waals surface area contributed by atoms with Gasteiger partial charge in [0.1, 0.15) is 16.4 Å². The number of carbonyl (C=O) groups is 2. The van der Waals surface area contributed by atoms with Gasteiger partial charge < -0.3 is 9.15 Å². The first kappa shape index (κ1) is 18.5. The molecule has 0 spiro atoms. The molecule has 2 aromatic heterocycles. The summed E-state index contributed by atoms with van der Waals surface area (Å²) in [6.07, 6.45) is 2.81. The molecule has 0 unspecified atom stereocenters. The van der Waals surface area contributed by atoms with E-state index in [2.05, 4.69) is 10.3 Å². The summed E-state index contributed by atoms with van der Waals surface area (Å²) in [5.41, 5.74) is 0.577.